The zero-order chi connectivity index (χ0) is 13.4. The van der Waals surface area contributed by atoms with Gasteiger partial charge in [0.1, 0.15) is 6.29 Å². The summed E-state index contributed by atoms with van der Waals surface area (Å²) < 4.78 is 0. The van der Waals surface area contributed by atoms with Crippen LogP contribution in [0.3, 0.4) is 0 Å². The van der Waals surface area contributed by atoms with Crippen molar-refractivity contribution in [1.82, 2.24) is 4.90 Å². The molecule has 0 amide bonds. The van der Waals surface area contributed by atoms with Crippen LogP contribution >= 0.6 is 0 Å². The predicted molar refractivity (Wildman–Crippen MR) is 74.7 cm³/mol. The fourth-order valence-electron chi connectivity index (χ4n) is 1.58. The Morgan fingerprint density at radius 1 is 1.24 bits per heavy atom. The van der Waals surface area contributed by atoms with E-state index in [1.54, 1.807) is 0 Å². The molecule has 2 heteroatoms. The van der Waals surface area contributed by atoms with E-state index in [-0.39, 0.29) is 0 Å². The second kappa shape index (κ2) is 8.02. The number of aldehydes is 1. The molecule has 0 aliphatic carbocycles. The van der Waals surface area contributed by atoms with Crippen LogP contribution in [0.15, 0.2) is 18.2 Å². The van der Waals surface area contributed by atoms with Crippen LogP contribution in [0.1, 0.15) is 55.1 Å². The molecule has 1 aromatic carbocycles. The first-order chi connectivity index (χ1) is 8.04. The number of hydrogen-bond donors (Lipinski definition) is 0. The molecule has 0 bridgehead atoms. The molecule has 0 N–H and O–H groups in total. The van der Waals surface area contributed by atoms with Gasteiger partial charge >= 0.3 is 0 Å². The normalized spacial score (nSPS) is 10.1. The summed E-state index contributed by atoms with van der Waals surface area (Å²) in [5.74, 6) is 0.506. The smallest absolute Gasteiger partial charge is 0.150 e. The SMILES string of the molecule is CC.CC(C)c1ccc(C=O)c(CN(C)C)c1. The van der Waals surface area contributed by atoms with Crippen molar-refractivity contribution in [2.75, 3.05) is 14.1 Å². The van der Waals surface area contributed by atoms with E-state index in [1.165, 1.54) is 5.56 Å². The minimum atomic E-state index is 0.506. The maximum absolute atomic E-state index is 10.9. The van der Waals surface area contributed by atoms with Crippen molar-refractivity contribution in [2.24, 2.45) is 0 Å². The van der Waals surface area contributed by atoms with Crippen molar-refractivity contribution in [3.8, 4) is 0 Å². The summed E-state index contributed by atoms with van der Waals surface area (Å²) in [6, 6.07) is 6.09. The Labute approximate surface area is 106 Å². The Balaban J connectivity index is 0.00000121. The average Bonchev–Trinajstić information content (AvgIpc) is 2.30. The molecule has 17 heavy (non-hydrogen) atoms. The number of rotatable bonds is 4. The topological polar surface area (TPSA) is 20.3 Å². The fourth-order valence-corrected chi connectivity index (χ4v) is 1.58. The van der Waals surface area contributed by atoms with E-state index in [1.807, 2.05) is 40.1 Å². The molecule has 96 valence electrons. The Kier molecular flexibility index (Phi) is 7.47. The average molecular weight is 235 g/mol. The summed E-state index contributed by atoms with van der Waals surface area (Å²) >= 11 is 0. The van der Waals surface area contributed by atoms with Gasteiger partial charge in [0.15, 0.2) is 0 Å². The van der Waals surface area contributed by atoms with Gasteiger partial charge in [0.25, 0.3) is 0 Å². The van der Waals surface area contributed by atoms with Crippen molar-refractivity contribution >= 4 is 6.29 Å². The highest BCUT2D eigenvalue weighted by Crippen LogP contribution is 2.18. The Morgan fingerprint density at radius 2 is 1.82 bits per heavy atom. The Bertz CT molecular complexity index is 343. The van der Waals surface area contributed by atoms with Gasteiger partial charge in [-0.15, -0.1) is 0 Å². The summed E-state index contributed by atoms with van der Waals surface area (Å²) in [7, 11) is 4.02. The van der Waals surface area contributed by atoms with E-state index >= 15 is 0 Å². The van der Waals surface area contributed by atoms with Gasteiger partial charge in [0.2, 0.25) is 0 Å². The van der Waals surface area contributed by atoms with Gasteiger partial charge in [-0.25, -0.2) is 0 Å². The molecule has 0 radical (unpaired) electrons. The minimum absolute atomic E-state index is 0.506. The van der Waals surface area contributed by atoms with Gasteiger partial charge in [-0.2, -0.15) is 0 Å². The highest BCUT2D eigenvalue weighted by Gasteiger charge is 2.06. The molecule has 0 spiro atoms. The Hall–Kier alpha value is -1.15. The first kappa shape index (κ1) is 15.9. The molecule has 0 saturated carbocycles. The van der Waals surface area contributed by atoms with Crippen LogP contribution in [-0.4, -0.2) is 25.3 Å². The van der Waals surface area contributed by atoms with Crippen molar-refractivity contribution in [3.05, 3.63) is 34.9 Å². The molecule has 0 aliphatic rings. The third kappa shape index (κ3) is 5.14. The third-order valence-corrected chi connectivity index (χ3v) is 2.45. The summed E-state index contributed by atoms with van der Waals surface area (Å²) in [4.78, 5) is 12.9. The fraction of sp³-hybridized carbons (Fsp3) is 0.533. The summed E-state index contributed by atoms with van der Waals surface area (Å²) in [5.41, 5.74) is 3.20. The van der Waals surface area contributed by atoms with Gasteiger partial charge in [-0.1, -0.05) is 45.9 Å². The van der Waals surface area contributed by atoms with Crippen molar-refractivity contribution in [3.63, 3.8) is 0 Å². The molecule has 0 atom stereocenters. The van der Waals surface area contributed by atoms with E-state index in [0.29, 0.717) is 5.92 Å². The van der Waals surface area contributed by atoms with Crippen molar-refractivity contribution in [2.45, 2.75) is 40.2 Å². The van der Waals surface area contributed by atoms with E-state index in [4.69, 9.17) is 0 Å². The highest BCUT2D eigenvalue weighted by molar-refractivity contribution is 5.77. The van der Waals surface area contributed by atoms with Crippen molar-refractivity contribution < 1.29 is 4.79 Å². The van der Waals surface area contributed by atoms with E-state index in [9.17, 15) is 4.79 Å². The standard InChI is InChI=1S/C13H19NO.C2H6/c1-10(2)11-5-6-12(9-15)13(7-11)8-14(3)4;1-2/h5-7,9-10H,8H2,1-4H3;1-2H3. The lowest BCUT2D eigenvalue weighted by molar-refractivity contribution is 0.112. The van der Waals surface area contributed by atoms with Crippen LogP contribution in [-0.2, 0) is 6.54 Å². The van der Waals surface area contributed by atoms with Gasteiger partial charge in [-0.3, -0.25) is 4.79 Å². The second-order valence-electron chi connectivity index (χ2n) is 4.47. The predicted octanol–water partition coefficient (Wildman–Crippen LogP) is 3.71. The molecule has 0 heterocycles. The first-order valence-corrected chi connectivity index (χ1v) is 6.27. The monoisotopic (exact) mass is 235 g/mol. The molecule has 0 fully saturated rings. The van der Waals surface area contributed by atoms with Crippen molar-refractivity contribution in [1.29, 1.82) is 0 Å². The highest BCUT2D eigenvalue weighted by atomic mass is 16.1. The zero-order valence-electron chi connectivity index (χ0n) is 11.9. The molecule has 1 rings (SSSR count). The molecular formula is C15H25NO. The summed E-state index contributed by atoms with van der Waals surface area (Å²) in [5, 5.41) is 0. The van der Waals surface area contributed by atoms with E-state index < -0.39 is 0 Å². The maximum Gasteiger partial charge on any atom is 0.150 e. The van der Waals surface area contributed by atoms with Crippen LogP contribution in [0.25, 0.3) is 0 Å². The summed E-state index contributed by atoms with van der Waals surface area (Å²) in [6.45, 7) is 9.14. The lowest BCUT2D eigenvalue weighted by Gasteiger charge is -2.14. The number of carbonyl (C=O) groups excluding carboxylic acids is 1. The first-order valence-electron chi connectivity index (χ1n) is 6.27. The maximum atomic E-state index is 10.9. The molecule has 0 unspecified atom stereocenters. The van der Waals surface area contributed by atoms with Gasteiger partial charge in [-0.05, 0) is 31.1 Å². The summed E-state index contributed by atoms with van der Waals surface area (Å²) in [6.07, 6.45) is 0.933. The van der Waals surface area contributed by atoms with E-state index in [2.05, 4.69) is 24.8 Å². The van der Waals surface area contributed by atoms with E-state index in [0.717, 1.165) is 24.0 Å². The van der Waals surface area contributed by atoms with Crippen LogP contribution in [0.5, 0.6) is 0 Å². The lowest BCUT2D eigenvalue weighted by atomic mass is 9.97. The molecule has 0 aliphatic heterocycles. The minimum Gasteiger partial charge on any atom is -0.305 e. The number of nitrogens with zero attached hydrogens (tertiary/aromatic N) is 1. The van der Waals surface area contributed by atoms with Gasteiger partial charge in [0.05, 0.1) is 0 Å². The molecular weight excluding hydrogens is 210 g/mol. The lowest BCUT2D eigenvalue weighted by Crippen LogP contribution is -2.12. The molecule has 0 saturated heterocycles. The second-order valence-corrected chi connectivity index (χ2v) is 4.47. The van der Waals surface area contributed by atoms with Crippen LogP contribution in [0, 0.1) is 0 Å². The molecule has 0 aromatic heterocycles. The number of hydrogen-bond acceptors (Lipinski definition) is 2. The third-order valence-electron chi connectivity index (χ3n) is 2.45. The van der Waals surface area contributed by atoms with Crippen LogP contribution in [0.2, 0.25) is 0 Å². The molecule has 2 nitrogen and oxygen atoms in total. The zero-order valence-corrected chi connectivity index (χ0v) is 11.9. The largest absolute Gasteiger partial charge is 0.305 e. The van der Waals surface area contributed by atoms with Gasteiger partial charge in [0, 0.05) is 12.1 Å². The molecule has 1 aromatic rings. The van der Waals surface area contributed by atoms with Crippen LogP contribution < -0.4 is 0 Å². The Morgan fingerprint density at radius 3 is 2.24 bits per heavy atom. The number of benzene rings is 1. The van der Waals surface area contributed by atoms with Crippen LogP contribution in [0.4, 0.5) is 0 Å². The van der Waals surface area contributed by atoms with Gasteiger partial charge < -0.3 is 4.90 Å². The quantitative estimate of drug-likeness (QED) is 0.741. The number of carbonyl (C=O) groups is 1.